The summed E-state index contributed by atoms with van der Waals surface area (Å²) in [4.78, 5) is 16.8. The van der Waals surface area contributed by atoms with Gasteiger partial charge in [0, 0.05) is 70.0 Å². The van der Waals surface area contributed by atoms with Crippen molar-refractivity contribution in [3.63, 3.8) is 0 Å². The van der Waals surface area contributed by atoms with Gasteiger partial charge in [0.15, 0.2) is 0 Å². The van der Waals surface area contributed by atoms with Gasteiger partial charge in [-0.2, -0.15) is 0 Å². The average Bonchev–Trinajstić information content (AvgIpc) is 3.32. The summed E-state index contributed by atoms with van der Waals surface area (Å²) < 4.78 is 5.44. The summed E-state index contributed by atoms with van der Waals surface area (Å²) in [5.41, 5.74) is 1.26. The van der Waals surface area contributed by atoms with Crippen molar-refractivity contribution < 1.29 is 4.74 Å². The molecule has 4 heterocycles. The first kappa shape index (κ1) is 16.0. The highest BCUT2D eigenvalue weighted by molar-refractivity contribution is 5.42. The highest BCUT2D eigenvalue weighted by Gasteiger charge is 2.40. The second-order valence-corrected chi connectivity index (χ2v) is 8.21. The normalized spacial score (nSPS) is 30.8. The van der Waals surface area contributed by atoms with Crippen LogP contribution in [-0.2, 0) is 4.74 Å². The van der Waals surface area contributed by atoms with Crippen LogP contribution >= 0.6 is 0 Å². The molecule has 5 rings (SSSR count). The van der Waals surface area contributed by atoms with Crippen LogP contribution in [0.5, 0.6) is 0 Å². The predicted molar refractivity (Wildman–Crippen MR) is 96.9 cm³/mol. The molecular weight excluding hydrogens is 314 g/mol. The van der Waals surface area contributed by atoms with Gasteiger partial charge in [-0.05, 0) is 24.7 Å². The van der Waals surface area contributed by atoms with E-state index in [1.165, 1.54) is 57.8 Å². The van der Waals surface area contributed by atoms with E-state index in [0.29, 0.717) is 5.92 Å². The first-order valence-corrected chi connectivity index (χ1v) is 9.94. The second-order valence-electron chi connectivity index (χ2n) is 8.21. The molecule has 6 nitrogen and oxygen atoms in total. The Balaban J connectivity index is 1.13. The van der Waals surface area contributed by atoms with Crippen LogP contribution < -0.4 is 4.90 Å². The summed E-state index contributed by atoms with van der Waals surface area (Å²) >= 11 is 0. The molecule has 136 valence electrons. The van der Waals surface area contributed by atoms with Crippen LogP contribution in [0.4, 0.5) is 5.82 Å². The number of anilines is 1. The highest BCUT2D eigenvalue weighted by atomic mass is 16.5. The Hall–Kier alpha value is -1.24. The third kappa shape index (κ3) is 3.52. The molecule has 1 aromatic rings. The van der Waals surface area contributed by atoms with Crippen LogP contribution in [0.25, 0.3) is 0 Å². The smallest absolute Gasteiger partial charge is 0.132 e. The van der Waals surface area contributed by atoms with E-state index in [-0.39, 0.29) is 0 Å². The lowest BCUT2D eigenvalue weighted by molar-refractivity contribution is 0.0341. The van der Waals surface area contributed by atoms with Crippen LogP contribution in [0.1, 0.15) is 24.5 Å². The van der Waals surface area contributed by atoms with Gasteiger partial charge in [-0.3, -0.25) is 4.90 Å². The fourth-order valence-electron chi connectivity index (χ4n) is 4.70. The largest absolute Gasteiger partial charge is 0.379 e. The van der Waals surface area contributed by atoms with Gasteiger partial charge in [0.05, 0.1) is 13.2 Å². The second kappa shape index (κ2) is 6.82. The average molecular weight is 343 g/mol. The van der Waals surface area contributed by atoms with Gasteiger partial charge in [0.25, 0.3) is 0 Å². The van der Waals surface area contributed by atoms with E-state index in [2.05, 4.69) is 30.7 Å². The van der Waals surface area contributed by atoms with Crippen LogP contribution in [0.2, 0.25) is 0 Å². The lowest BCUT2D eigenvalue weighted by atomic mass is 10.0. The molecule has 1 saturated carbocycles. The van der Waals surface area contributed by atoms with Crippen molar-refractivity contribution in [3.05, 3.63) is 18.1 Å². The van der Waals surface area contributed by atoms with Crippen LogP contribution in [0.15, 0.2) is 12.4 Å². The predicted octanol–water partition coefficient (Wildman–Crippen LogP) is 1.05. The van der Waals surface area contributed by atoms with E-state index < -0.39 is 0 Å². The van der Waals surface area contributed by atoms with Crippen molar-refractivity contribution in [2.24, 2.45) is 11.8 Å². The Labute approximate surface area is 150 Å². The summed E-state index contributed by atoms with van der Waals surface area (Å²) in [5, 5.41) is 0. The van der Waals surface area contributed by atoms with Crippen LogP contribution in [0.3, 0.4) is 0 Å². The molecule has 3 aliphatic heterocycles. The SMILES string of the molecule is c1nc(C2CC2)cc(N2CC3CN(CCN4CCOCC4)CC3C2)n1. The maximum absolute atomic E-state index is 5.44. The quantitative estimate of drug-likeness (QED) is 0.796. The molecule has 3 saturated heterocycles. The molecule has 25 heavy (non-hydrogen) atoms. The first-order valence-electron chi connectivity index (χ1n) is 9.94. The summed E-state index contributed by atoms with van der Waals surface area (Å²) in [6, 6.07) is 2.24. The third-order valence-corrected chi connectivity index (χ3v) is 6.39. The minimum absolute atomic E-state index is 0.708. The standard InChI is InChI=1S/C19H29N5O/c1-2-15(1)18-9-19(21-14-20-18)24-12-16-10-23(11-17(16)13-24)4-3-22-5-7-25-8-6-22/h9,14-17H,1-8,10-13H2. The van der Waals surface area contributed by atoms with Crippen molar-refractivity contribution in [1.29, 1.82) is 0 Å². The number of hydrogen-bond donors (Lipinski definition) is 0. The number of fused-ring (bicyclic) bond motifs is 1. The molecule has 0 bridgehead atoms. The molecule has 0 amide bonds. The molecule has 2 unspecified atom stereocenters. The maximum Gasteiger partial charge on any atom is 0.132 e. The summed E-state index contributed by atoms with van der Waals surface area (Å²) in [6.07, 6.45) is 4.38. The molecule has 0 N–H and O–H groups in total. The summed E-state index contributed by atoms with van der Waals surface area (Å²) in [5.74, 6) is 3.48. The molecular formula is C19H29N5O. The number of rotatable bonds is 5. The van der Waals surface area contributed by atoms with Crippen molar-refractivity contribution in [2.75, 3.05) is 70.5 Å². The lowest BCUT2D eigenvalue weighted by Gasteiger charge is -2.29. The first-order chi connectivity index (χ1) is 12.3. The maximum atomic E-state index is 5.44. The van der Waals surface area contributed by atoms with Gasteiger partial charge < -0.3 is 14.5 Å². The monoisotopic (exact) mass is 343 g/mol. The number of hydrogen-bond acceptors (Lipinski definition) is 6. The zero-order valence-electron chi connectivity index (χ0n) is 15.0. The Bertz CT molecular complexity index is 587. The molecule has 0 radical (unpaired) electrons. The minimum atomic E-state index is 0.708. The number of likely N-dealkylation sites (tertiary alicyclic amines) is 1. The number of nitrogens with zero attached hydrogens (tertiary/aromatic N) is 5. The lowest BCUT2D eigenvalue weighted by Crippen LogP contribution is -2.41. The van der Waals surface area contributed by atoms with Gasteiger partial charge >= 0.3 is 0 Å². The zero-order valence-corrected chi connectivity index (χ0v) is 15.0. The van der Waals surface area contributed by atoms with E-state index in [1.807, 2.05) is 0 Å². The van der Waals surface area contributed by atoms with E-state index in [9.17, 15) is 0 Å². The third-order valence-electron chi connectivity index (χ3n) is 6.39. The van der Waals surface area contributed by atoms with Crippen molar-refractivity contribution in [3.8, 4) is 0 Å². The Morgan fingerprint density at radius 2 is 1.64 bits per heavy atom. The van der Waals surface area contributed by atoms with Crippen LogP contribution in [-0.4, -0.2) is 85.3 Å². The van der Waals surface area contributed by atoms with Crippen molar-refractivity contribution in [2.45, 2.75) is 18.8 Å². The molecule has 1 aliphatic carbocycles. The fourth-order valence-corrected chi connectivity index (χ4v) is 4.70. The molecule has 6 heteroatoms. The van der Waals surface area contributed by atoms with Gasteiger partial charge in [-0.25, -0.2) is 9.97 Å². The van der Waals surface area contributed by atoms with Gasteiger partial charge in [-0.15, -0.1) is 0 Å². The molecule has 0 aromatic carbocycles. The summed E-state index contributed by atoms with van der Waals surface area (Å²) in [7, 11) is 0. The number of ether oxygens (including phenoxy) is 1. The highest BCUT2D eigenvalue weighted by Crippen LogP contribution is 2.40. The Morgan fingerprint density at radius 3 is 2.36 bits per heavy atom. The number of aromatic nitrogens is 2. The van der Waals surface area contributed by atoms with Gasteiger partial charge in [0.2, 0.25) is 0 Å². The van der Waals surface area contributed by atoms with E-state index in [1.54, 1.807) is 6.33 Å². The van der Waals surface area contributed by atoms with Crippen molar-refractivity contribution in [1.82, 2.24) is 19.8 Å². The van der Waals surface area contributed by atoms with Gasteiger partial charge in [0.1, 0.15) is 12.1 Å². The topological polar surface area (TPSA) is 44.7 Å². The number of morpholine rings is 1. The van der Waals surface area contributed by atoms with Crippen molar-refractivity contribution >= 4 is 5.82 Å². The molecule has 4 fully saturated rings. The molecule has 1 aromatic heterocycles. The Kier molecular flexibility index (Phi) is 4.36. The van der Waals surface area contributed by atoms with E-state index in [4.69, 9.17) is 4.74 Å². The Morgan fingerprint density at radius 1 is 0.920 bits per heavy atom. The van der Waals surface area contributed by atoms with E-state index >= 15 is 0 Å². The summed E-state index contributed by atoms with van der Waals surface area (Å²) in [6.45, 7) is 11.3. The molecule has 0 spiro atoms. The fraction of sp³-hybridized carbons (Fsp3) is 0.789. The minimum Gasteiger partial charge on any atom is -0.379 e. The molecule has 4 aliphatic rings. The van der Waals surface area contributed by atoms with Crippen LogP contribution in [0, 0.1) is 11.8 Å². The van der Waals surface area contributed by atoms with E-state index in [0.717, 1.165) is 44.0 Å². The zero-order chi connectivity index (χ0) is 16.6. The molecule has 2 atom stereocenters. The van der Waals surface area contributed by atoms with Gasteiger partial charge in [-0.1, -0.05) is 0 Å².